The summed E-state index contributed by atoms with van der Waals surface area (Å²) in [6.07, 6.45) is 0.941. The average molecular weight is 614 g/mol. The van der Waals surface area contributed by atoms with Gasteiger partial charge in [-0.05, 0) is 63.4 Å². The van der Waals surface area contributed by atoms with Crippen molar-refractivity contribution in [3.63, 3.8) is 0 Å². The summed E-state index contributed by atoms with van der Waals surface area (Å²) in [4.78, 5) is 43.5. The standard InChI is InChI=1S/C33H32FN5O6/c1-20(44-30(40)18-35-3)19-38-21(2)31(33(42)39(38)23-8-6-5-7-9-23)32(41)37-22-10-13-29(26(34)16-22)45-28-14-15-36-27-17-24(43-4)11-12-25(27)28/h5-17,20,35H,18-19H2,1-4H3,(H,37,41)/t20-/m1/s1. The normalized spacial score (nSPS) is 11.7. The lowest BCUT2D eigenvalue weighted by atomic mass is 10.2. The van der Waals surface area contributed by atoms with Gasteiger partial charge in [-0.15, -0.1) is 0 Å². The number of hydrogen-bond donors (Lipinski definition) is 2. The summed E-state index contributed by atoms with van der Waals surface area (Å²) in [5, 5.41) is 6.03. The first-order valence-electron chi connectivity index (χ1n) is 14.1. The van der Waals surface area contributed by atoms with Crippen molar-refractivity contribution in [3.05, 3.63) is 106 Å². The topological polar surface area (TPSA) is 126 Å². The van der Waals surface area contributed by atoms with Crippen molar-refractivity contribution in [1.82, 2.24) is 19.7 Å². The minimum absolute atomic E-state index is 0.0307. The van der Waals surface area contributed by atoms with Gasteiger partial charge in [0.2, 0.25) is 0 Å². The number of benzene rings is 3. The summed E-state index contributed by atoms with van der Waals surface area (Å²) in [6, 6.07) is 19.7. The molecule has 3 aromatic carbocycles. The lowest BCUT2D eigenvalue weighted by molar-refractivity contribution is -0.147. The summed E-state index contributed by atoms with van der Waals surface area (Å²) >= 11 is 0. The molecule has 232 valence electrons. The highest BCUT2D eigenvalue weighted by Crippen LogP contribution is 2.33. The van der Waals surface area contributed by atoms with E-state index in [1.54, 1.807) is 93.5 Å². The van der Waals surface area contributed by atoms with Crippen molar-refractivity contribution in [1.29, 1.82) is 0 Å². The van der Waals surface area contributed by atoms with Crippen LogP contribution in [0.5, 0.6) is 17.2 Å². The van der Waals surface area contributed by atoms with Gasteiger partial charge in [-0.1, -0.05) is 18.2 Å². The zero-order chi connectivity index (χ0) is 32.1. The van der Waals surface area contributed by atoms with Gasteiger partial charge >= 0.3 is 5.97 Å². The summed E-state index contributed by atoms with van der Waals surface area (Å²) in [5.41, 5.74) is 0.901. The molecule has 0 radical (unpaired) electrons. The maximum absolute atomic E-state index is 15.2. The number of hydrogen-bond acceptors (Lipinski definition) is 8. The SMILES string of the molecule is CNCC(=O)O[C@H](C)Cn1c(C)c(C(=O)Nc2ccc(Oc3ccnc4cc(OC)ccc34)c(F)c2)c(=O)n1-c1ccccc1. The van der Waals surface area contributed by atoms with E-state index in [2.05, 4.69) is 15.6 Å². The molecule has 0 spiro atoms. The zero-order valence-corrected chi connectivity index (χ0v) is 25.2. The van der Waals surface area contributed by atoms with E-state index in [1.165, 1.54) is 16.8 Å². The number of anilines is 1. The van der Waals surface area contributed by atoms with Gasteiger partial charge in [0.05, 0.1) is 37.1 Å². The Labute approximate surface area is 258 Å². The van der Waals surface area contributed by atoms with E-state index >= 15 is 4.39 Å². The quantitative estimate of drug-likeness (QED) is 0.203. The first-order chi connectivity index (χ1) is 21.7. The molecule has 1 amide bonds. The maximum Gasteiger partial charge on any atom is 0.320 e. The van der Waals surface area contributed by atoms with Crippen LogP contribution in [0.4, 0.5) is 10.1 Å². The number of aromatic nitrogens is 3. The number of pyridine rings is 1. The van der Waals surface area contributed by atoms with E-state index in [0.717, 1.165) is 6.07 Å². The number of para-hydroxylation sites is 1. The molecule has 0 aliphatic rings. The van der Waals surface area contributed by atoms with Crippen molar-refractivity contribution < 1.29 is 28.2 Å². The molecule has 5 rings (SSSR count). The monoisotopic (exact) mass is 613 g/mol. The summed E-state index contributed by atoms with van der Waals surface area (Å²) < 4.78 is 34.7. The molecular weight excluding hydrogens is 581 g/mol. The largest absolute Gasteiger partial charge is 0.497 e. The minimum atomic E-state index is -0.723. The van der Waals surface area contributed by atoms with Crippen LogP contribution in [0.3, 0.4) is 0 Å². The van der Waals surface area contributed by atoms with Crippen LogP contribution < -0.4 is 25.7 Å². The number of carbonyl (C=O) groups is 2. The fourth-order valence-electron chi connectivity index (χ4n) is 4.94. The number of rotatable bonds is 11. The number of likely N-dealkylation sites (N-methyl/N-ethyl adjacent to an activating group) is 1. The molecule has 0 bridgehead atoms. The summed E-state index contributed by atoms with van der Waals surface area (Å²) in [7, 11) is 3.19. The van der Waals surface area contributed by atoms with Gasteiger partial charge < -0.3 is 24.8 Å². The Morgan fingerprint density at radius 2 is 1.80 bits per heavy atom. The van der Waals surface area contributed by atoms with Gasteiger partial charge in [0.25, 0.3) is 11.5 Å². The zero-order valence-electron chi connectivity index (χ0n) is 25.2. The Hall–Kier alpha value is -5.49. The highest BCUT2D eigenvalue weighted by Gasteiger charge is 2.26. The molecule has 12 heteroatoms. The molecule has 2 N–H and O–H groups in total. The Bertz CT molecular complexity index is 1920. The Morgan fingerprint density at radius 3 is 2.51 bits per heavy atom. The molecule has 0 fully saturated rings. The highest BCUT2D eigenvalue weighted by molar-refractivity contribution is 6.05. The number of ether oxygens (including phenoxy) is 3. The van der Waals surface area contributed by atoms with Crippen molar-refractivity contribution in [2.24, 2.45) is 0 Å². The number of esters is 1. The number of halogens is 1. The van der Waals surface area contributed by atoms with E-state index < -0.39 is 29.4 Å². The predicted molar refractivity (Wildman–Crippen MR) is 167 cm³/mol. The van der Waals surface area contributed by atoms with E-state index in [1.807, 2.05) is 0 Å². The van der Waals surface area contributed by atoms with Crippen LogP contribution in [0.15, 0.2) is 83.8 Å². The van der Waals surface area contributed by atoms with Crippen LogP contribution >= 0.6 is 0 Å². The second-order valence-electron chi connectivity index (χ2n) is 10.2. The molecule has 11 nitrogen and oxygen atoms in total. The van der Waals surface area contributed by atoms with Gasteiger partial charge in [0, 0.05) is 29.4 Å². The number of nitrogens with zero attached hydrogens (tertiary/aromatic N) is 3. The van der Waals surface area contributed by atoms with E-state index in [9.17, 15) is 14.4 Å². The molecule has 1 atom stereocenters. The molecule has 0 aliphatic carbocycles. The van der Waals surface area contributed by atoms with Crippen LogP contribution in [-0.4, -0.2) is 53.0 Å². The number of methoxy groups -OCH3 is 1. The van der Waals surface area contributed by atoms with Gasteiger partial charge in [0.15, 0.2) is 11.6 Å². The molecule has 0 aliphatic heterocycles. The maximum atomic E-state index is 15.2. The van der Waals surface area contributed by atoms with Crippen LogP contribution in [0, 0.1) is 12.7 Å². The third-order valence-electron chi connectivity index (χ3n) is 7.03. The predicted octanol–water partition coefficient (Wildman–Crippen LogP) is 4.84. The smallest absolute Gasteiger partial charge is 0.320 e. The summed E-state index contributed by atoms with van der Waals surface area (Å²) in [5.74, 6) is -0.938. The van der Waals surface area contributed by atoms with Crippen LogP contribution in [-0.2, 0) is 16.1 Å². The van der Waals surface area contributed by atoms with Gasteiger partial charge in [0.1, 0.15) is 23.2 Å². The number of fused-ring (bicyclic) bond motifs is 1. The van der Waals surface area contributed by atoms with Gasteiger partial charge in [-0.3, -0.25) is 24.0 Å². The van der Waals surface area contributed by atoms with Crippen molar-refractivity contribution >= 4 is 28.5 Å². The molecular formula is C33H32FN5O6. The highest BCUT2D eigenvalue weighted by atomic mass is 19.1. The van der Waals surface area contributed by atoms with Crippen LogP contribution in [0.1, 0.15) is 23.0 Å². The van der Waals surface area contributed by atoms with Crippen LogP contribution in [0.25, 0.3) is 16.6 Å². The van der Waals surface area contributed by atoms with Crippen LogP contribution in [0.2, 0.25) is 0 Å². The number of nitrogens with one attached hydrogen (secondary N) is 2. The van der Waals surface area contributed by atoms with Gasteiger partial charge in [-0.25, -0.2) is 9.07 Å². The molecule has 0 unspecified atom stereocenters. The van der Waals surface area contributed by atoms with Gasteiger partial charge in [-0.2, -0.15) is 0 Å². The molecule has 2 heterocycles. The van der Waals surface area contributed by atoms with E-state index in [0.29, 0.717) is 33.8 Å². The molecule has 2 aromatic heterocycles. The second-order valence-corrected chi connectivity index (χ2v) is 10.2. The fraction of sp³-hybridized carbons (Fsp3) is 0.212. The lowest BCUT2D eigenvalue weighted by Crippen LogP contribution is -2.30. The first kappa shape index (κ1) is 31.0. The Morgan fingerprint density at radius 1 is 1.02 bits per heavy atom. The van der Waals surface area contributed by atoms with Crippen molar-refractivity contribution in [2.45, 2.75) is 26.5 Å². The Balaban J connectivity index is 1.41. The van der Waals surface area contributed by atoms with Crippen molar-refractivity contribution in [2.75, 3.05) is 26.0 Å². The molecule has 45 heavy (non-hydrogen) atoms. The Kier molecular flexibility index (Phi) is 9.24. The van der Waals surface area contributed by atoms with E-state index in [-0.39, 0.29) is 30.1 Å². The number of carbonyl (C=O) groups excluding carboxylic acids is 2. The third kappa shape index (κ3) is 6.70. The summed E-state index contributed by atoms with van der Waals surface area (Å²) in [6.45, 7) is 3.47. The second kappa shape index (κ2) is 13.4. The molecule has 5 aromatic rings. The first-order valence-corrected chi connectivity index (χ1v) is 14.1. The minimum Gasteiger partial charge on any atom is -0.497 e. The molecule has 0 saturated heterocycles. The number of amides is 1. The lowest BCUT2D eigenvalue weighted by Gasteiger charge is -2.18. The van der Waals surface area contributed by atoms with E-state index in [4.69, 9.17) is 14.2 Å². The third-order valence-corrected chi connectivity index (χ3v) is 7.03. The fourth-order valence-corrected chi connectivity index (χ4v) is 4.94. The molecule has 0 saturated carbocycles. The van der Waals surface area contributed by atoms with Crippen molar-refractivity contribution in [3.8, 4) is 22.9 Å². The average Bonchev–Trinajstić information content (AvgIpc) is 3.26.